The molecule has 0 saturated heterocycles. The first kappa shape index (κ1) is 48.7. The summed E-state index contributed by atoms with van der Waals surface area (Å²) in [5.74, 6) is -0.214. The number of carbonyl (C=O) groups is 1. The maximum Gasteiger partial charge on any atom is 0.268 e. The number of quaternary nitrogens is 1. The van der Waals surface area contributed by atoms with Crippen molar-refractivity contribution < 1.29 is 32.9 Å². The van der Waals surface area contributed by atoms with Gasteiger partial charge in [0.2, 0.25) is 5.91 Å². The molecule has 0 aromatic carbocycles. The molecule has 0 bridgehead atoms. The summed E-state index contributed by atoms with van der Waals surface area (Å²) in [6.07, 6.45) is 39.1. The predicted octanol–water partition coefficient (Wildman–Crippen LogP) is 10.1. The third-order valence-electron chi connectivity index (χ3n) is 8.82. The largest absolute Gasteiger partial charge is 0.756 e. The highest BCUT2D eigenvalue weighted by atomic mass is 31.2. The van der Waals surface area contributed by atoms with Crippen molar-refractivity contribution in [2.45, 2.75) is 180 Å². The fourth-order valence-electron chi connectivity index (χ4n) is 5.51. The molecule has 0 aliphatic carbocycles. The number of hydrogen-bond acceptors (Lipinski definition) is 6. The van der Waals surface area contributed by atoms with Crippen LogP contribution in [0.2, 0.25) is 0 Å². The minimum Gasteiger partial charge on any atom is -0.756 e. The van der Waals surface area contributed by atoms with Gasteiger partial charge in [-0.3, -0.25) is 9.36 Å². The van der Waals surface area contributed by atoms with Gasteiger partial charge in [0.15, 0.2) is 0 Å². The zero-order valence-corrected chi connectivity index (χ0v) is 34.0. The minimum atomic E-state index is -4.58. The number of aliphatic hydroxyl groups excluding tert-OH is 1. The molecule has 8 nitrogen and oxygen atoms in total. The first-order valence-electron chi connectivity index (χ1n) is 20.4. The van der Waals surface area contributed by atoms with Crippen molar-refractivity contribution in [3.8, 4) is 0 Å². The summed E-state index contributed by atoms with van der Waals surface area (Å²) >= 11 is 0. The van der Waals surface area contributed by atoms with E-state index in [0.717, 1.165) is 38.5 Å². The van der Waals surface area contributed by atoms with Gasteiger partial charge in [-0.05, 0) is 57.8 Å². The van der Waals surface area contributed by atoms with Crippen LogP contribution in [0.5, 0.6) is 0 Å². The van der Waals surface area contributed by atoms with E-state index in [0.29, 0.717) is 17.4 Å². The molecule has 0 fully saturated rings. The van der Waals surface area contributed by atoms with Crippen molar-refractivity contribution in [1.82, 2.24) is 5.32 Å². The molecule has 50 heavy (non-hydrogen) atoms. The predicted molar refractivity (Wildman–Crippen MR) is 210 cm³/mol. The number of hydrogen-bond donors (Lipinski definition) is 2. The number of unbranched alkanes of at least 4 members (excludes halogenated alkanes) is 19. The minimum absolute atomic E-state index is 0.00722. The SMILES string of the molecule is CCCCC/C=C/CC/C=C/[C@@H](O)[C@H](COP(=O)([O-])OCC[N+](C)(C)C)NC(=O)CCCCCCCCCCC/C=C/CCCCCCCC. The quantitative estimate of drug-likeness (QED) is 0.0288. The van der Waals surface area contributed by atoms with Gasteiger partial charge in [-0.2, -0.15) is 0 Å². The lowest BCUT2D eigenvalue weighted by Gasteiger charge is -2.29. The first-order chi connectivity index (χ1) is 24.0. The molecule has 0 aliphatic heterocycles. The summed E-state index contributed by atoms with van der Waals surface area (Å²) in [7, 11) is 1.24. The molecule has 0 saturated carbocycles. The van der Waals surface area contributed by atoms with E-state index in [2.05, 4.69) is 43.5 Å². The van der Waals surface area contributed by atoms with Gasteiger partial charge in [0.25, 0.3) is 7.82 Å². The molecule has 0 rings (SSSR count). The van der Waals surface area contributed by atoms with Gasteiger partial charge < -0.3 is 28.8 Å². The van der Waals surface area contributed by atoms with Crippen molar-refractivity contribution in [2.24, 2.45) is 0 Å². The number of phosphoric ester groups is 1. The average molecular weight is 727 g/mol. The second kappa shape index (κ2) is 33.5. The molecule has 0 radical (unpaired) electrons. The fourth-order valence-corrected chi connectivity index (χ4v) is 6.24. The van der Waals surface area contributed by atoms with E-state index >= 15 is 0 Å². The summed E-state index contributed by atoms with van der Waals surface area (Å²) < 4.78 is 23.0. The number of nitrogens with zero attached hydrogens (tertiary/aromatic N) is 1. The van der Waals surface area contributed by atoms with Crippen molar-refractivity contribution in [3.05, 3.63) is 36.5 Å². The second-order valence-corrected chi connectivity index (χ2v) is 16.4. The van der Waals surface area contributed by atoms with Gasteiger partial charge >= 0.3 is 0 Å². The maximum atomic E-state index is 12.8. The molecule has 2 N–H and O–H groups in total. The summed E-state index contributed by atoms with van der Waals surface area (Å²) in [6.45, 7) is 4.55. The van der Waals surface area contributed by atoms with Gasteiger partial charge in [0.1, 0.15) is 13.2 Å². The normalized spacial score (nSPS) is 14.9. The van der Waals surface area contributed by atoms with Crippen LogP contribution in [0, 0.1) is 0 Å². The molecule has 0 heterocycles. The highest BCUT2D eigenvalue weighted by Crippen LogP contribution is 2.38. The Kier molecular flexibility index (Phi) is 32.7. The summed E-state index contributed by atoms with van der Waals surface area (Å²) in [5, 5.41) is 13.6. The number of phosphoric acid groups is 1. The lowest BCUT2D eigenvalue weighted by atomic mass is 10.0. The van der Waals surface area contributed by atoms with Crippen LogP contribution in [0.4, 0.5) is 0 Å². The molecule has 294 valence electrons. The van der Waals surface area contributed by atoms with E-state index < -0.39 is 26.6 Å². The van der Waals surface area contributed by atoms with Crippen LogP contribution in [0.1, 0.15) is 168 Å². The Morgan fingerprint density at radius 1 is 0.680 bits per heavy atom. The Labute approximate surface area is 308 Å². The number of carbonyl (C=O) groups excluding carboxylic acids is 1. The summed E-state index contributed by atoms with van der Waals surface area (Å²) in [4.78, 5) is 25.1. The van der Waals surface area contributed by atoms with Gasteiger partial charge in [-0.25, -0.2) is 0 Å². The van der Waals surface area contributed by atoms with Crippen LogP contribution >= 0.6 is 7.82 Å². The molecule has 0 spiro atoms. The Morgan fingerprint density at radius 3 is 1.66 bits per heavy atom. The molecular weight excluding hydrogens is 647 g/mol. The zero-order valence-electron chi connectivity index (χ0n) is 33.1. The molecule has 0 aromatic rings. The Morgan fingerprint density at radius 2 is 1.12 bits per heavy atom. The monoisotopic (exact) mass is 727 g/mol. The topological polar surface area (TPSA) is 108 Å². The number of likely N-dealkylation sites (N-methyl/N-ethyl adjacent to an activating group) is 1. The third-order valence-corrected chi connectivity index (χ3v) is 9.79. The van der Waals surface area contributed by atoms with E-state index in [1.54, 1.807) is 6.08 Å². The van der Waals surface area contributed by atoms with Crippen LogP contribution in [0.15, 0.2) is 36.5 Å². The Bertz CT molecular complexity index is 917. The molecule has 9 heteroatoms. The highest BCUT2D eigenvalue weighted by molar-refractivity contribution is 7.45. The van der Waals surface area contributed by atoms with E-state index in [4.69, 9.17) is 9.05 Å². The lowest BCUT2D eigenvalue weighted by Crippen LogP contribution is -2.45. The molecule has 0 aliphatic rings. The van der Waals surface area contributed by atoms with Crippen LogP contribution in [0.3, 0.4) is 0 Å². The molecular formula is C41H79N2O6P. The van der Waals surface area contributed by atoms with Crippen LogP contribution < -0.4 is 10.2 Å². The fraction of sp³-hybridized carbons (Fsp3) is 0.829. The molecule has 0 aromatic heterocycles. The molecule has 3 atom stereocenters. The first-order valence-corrected chi connectivity index (χ1v) is 21.8. The van der Waals surface area contributed by atoms with Crippen LogP contribution in [-0.4, -0.2) is 68.5 Å². The van der Waals surface area contributed by atoms with Crippen molar-refractivity contribution in [3.63, 3.8) is 0 Å². The Hall–Kier alpha value is -1.28. The van der Waals surface area contributed by atoms with Crippen molar-refractivity contribution >= 4 is 13.7 Å². The van der Waals surface area contributed by atoms with Crippen LogP contribution in [-0.2, 0) is 18.4 Å². The number of allylic oxidation sites excluding steroid dienone is 5. The number of aliphatic hydroxyl groups is 1. The van der Waals surface area contributed by atoms with Gasteiger partial charge in [0, 0.05) is 6.42 Å². The zero-order chi connectivity index (χ0) is 37.2. The van der Waals surface area contributed by atoms with E-state index in [-0.39, 0.29) is 12.5 Å². The van der Waals surface area contributed by atoms with E-state index in [1.807, 2.05) is 27.2 Å². The standard InChI is InChI=1S/C41H79N2O6P/c1-6-8-10-12-14-16-17-18-19-20-21-22-23-24-25-27-29-31-33-35-41(45)42-39(38-49-50(46,47)48-37-36-43(3,4)5)40(44)34-32-30-28-26-15-13-11-9-7-2/h15,18-19,26,32,34,39-40,44H,6-14,16-17,20-25,27-31,33,35-38H2,1-5H3,(H-,42,45,46,47)/b19-18+,26-15+,34-32+/t39-,40+/m0/s1. The van der Waals surface area contributed by atoms with Gasteiger partial charge in [-0.1, -0.05) is 140 Å². The number of nitrogens with one attached hydrogen (secondary N) is 1. The van der Waals surface area contributed by atoms with E-state index in [1.165, 1.54) is 109 Å². The summed E-state index contributed by atoms with van der Waals surface area (Å²) in [6, 6.07) is -0.900. The van der Waals surface area contributed by atoms with Crippen LogP contribution in [0.25, 0.3) is 0 Å². The highest BCUT2D eigenvalue weighted by Gasteiger charge is 2.23. The Balaban J connectivity index is 4.37. The maximum absolute atomic E-state index is 12.8. The number of rotatable bonds is 36. The molecule has 1 amide bonds. The summed E-state index contributed by atoms with van der Waals surface area (Å²) in [5.41, 5.74) is 0. The van der Waals surface area contributed by atoms with Crippen molar-refractivity contribution in [2.75, 3.05) is 40.9 Å². The van der Waals surface area contributed by atoms with Gasteiger partial charge in [0.05, 0.1) is 39.9 Å². The van der Waals surface area contributed by atoms with E-state index in [9.17, 15) is 19.4 Å². The number of amides is 1. The van der Waals surface area contributed by atoms with Crippen molar-refractivity contribution in [1.29, 1.82) is 0 Å². The van der Waals surface area contributed by atoms with Gasteiger partial charge in [-0.15, -0.1) is 0 Å². The smallest absolute Gasteiger partial charge is 0.268 e. The molecule has 1 unspecified atom stereocenters. The third kappa shape index (κ3) is 35.1. The second-order valence-electron chi connectivity index (χ2n) is 15.0. The average Bonchev–Trinajstić information content (AvgIpc) is 3.06. The lowest BCUT2D eigenvalue weighted by molar-refractivity contribution is -0.870.